The van der Waals surface area contributed by atoms with Gasteiger partial charge in [0.25, 0.3) is 5.69 Å². The van der Waals surface area contributed by atoms with Gasteiger partial charge in [-0.3, -0.25) is 10.1 Å². The number of benzene rings is 1. The molecule has 0 aliphatic heterocycles. The van der Waals surface area contributed by atoms with Crippen molar-refractivity contribution in [1.82, 2.24) is 0 Å². The van der Waals surface area contributed by atoms with Gasteiger partial charge >= 0.3 is 0 Å². The van der Waals surface area contributed by atoms with E-state index in [0.717, 1.165) is 43.9 Å². The van der Waals surface area contributed by atoms with Crippen molar-refractivity contribution in [2.24, 2.45) is 11.8 Å². The molecule has 1 aliphatic rings. The third kappa shape index (κ3) is 4.29. The average Bonchev–Trinajstić information content (AvgIpc) is 2.58. The van der Waals surface area contributed by atoms with Gasteiger partial charge in [-0.25, -0.2) is 4.39 Å². The van der Waals surface area contributed by atoms with E-state index < -0.39 is 10.7 Å². The minimum absolute atomic E-state index is 0.0179. The Bertz CT molecular complexity index is 685. The summed E-state index contributed by atoms with van der Waals surface area (Å²) in [6.07, 6.45) is 9.47. The van der Waals surface area contributed by atoms with Crippen LogP contribution < -0.4 is 0 Å². The fraction of sp³-hybridized carbons (Fsp3) is 0.421. The molecular formula is C19H21FN2O2. The molecule has 1 saturated carbocycles. The highest BCUT2D eigenvalue weighted by Gasteiger charge is 2.26. The van der Waals surface area contributed by atoms with Crippen LogP contribution in [0.2, 0.25) is 0 Å². The van der Waals surface area contributed by atoms with Gasteiger partial charge in [-0.05, 0) is 43.4 Å². The molecule has 1 aromatic rings. The Morgan fingerprint density at radius 1 is 1.46 bits per heavy atom. The van der Waals surface area contributed by atoms with Crippen molar-refractivity contribution < 1.29 is 9.31 Å². The molecule has 0 heterocycles. The minimum Gasteiger partial charge on any atom is -0.258 e. The number of hydrogen-bond acceptors (Lipinski definition) is 3. The van der Waals surface area contributed by atoms with Gasteiger partial charge in [-0.15, -0.1) is 6.58 Å². The number of nitrogens with zero attached hydrogens (tertiary/aromatic N) is 2. The third-order valence-corrected chi connectivity index (χ3v) is 4.67. The van der Waals surface area contributed by atoms with E-state index in [0.29, 0.717) is 17.9 Å². The van der Waals surface area contributed by atoms with E-state index in [9.17, 15) is 19.8 Å². The molecule has 1 aliphatic carbocycles. The molecule has 5 heteroatoms. The zero-order chi connectivity index (χ0) is 17.5. The van der Waals surface area contributed by atoms with Crippen molar-refractivity contribution in [1.29, 1.82) is 5.26 Å². The quantitative estimate of drug-likeness (QED) is 0.303. The first-order chi connectivity index (χ1) is 11.6. The molecule has 0 saturated heterocycles. The number of nitro groups is 1. The Hall–Kier alpha value is -2.48. The Balaban J connectivity index is 2.42. The summed E-state index contributed by atoms with van der Waals surface area (Å²) in [6, 6.07) is 5.50. The molecular weight excluding hydrogens is 307 g/mol. The molecule has 1 aromatic carbocycles. The van der Waals surface area contributed by atoms with Gasteiger partial charge in [0.1, 0.15) is 5.82 Å². The third-order valence-electron chi connectivity index (χ3n) is 4.67. The van der Waals surface area contributed by atoms with E-state index in [1.165, 1.54) is 12.5 Å². The highest BCUT2D eigenvalue weighted by atomic mass is 19.1. The highest BCUT2D eigenvalue weighted by Crippen LogP contribution is 2.37. The van der Waals surface area contributed by atoms with Crippen molar-refractivity contribution in [2.45, 2.75) is 38.5 Å². The van der Waals surface area contributed by atoms with Crippen LogP contribution >= 0.6 is 0 Å². The average molecular weight is 328 g/mol. The second-order valence-electron chi connectivity index (χ2n) is 6.20. The Labute approximate surface area is 141 Å². The lowest BCUT2D eigenvalue weighted by Crippen LogP contribution is -2.19. The maximum Gasteiger partial charge on any atom is 0.276 e. The molecule has 126 valence electrons. The van der Waals surface area contributed by atoms with E-state index in [1.807, 2.05) is 0 Å². The maximum absolute atomic E-state index is 13.5. The van der Waals surface area contributed by atoms with Crippen LogP contribution in [0.3, 0.4) is 0 Å². The number of nitro benzene ring substituents is 1. The first-order valence-corrected chi connectivity index (χ1v) is 8.23. The lowest BCUT2D eigenvalue weighted by molar-refractivity contribution is -0.385. The van der Waals surface area contributed by atoms with Crippen molar-refractivity contribution in [2.75, 3.05) is 0 Å². The maximum atomic E-state index is 13.5. The molecule has 0 amide bonds. The summed E-state index contributed by atoms with van der Waals surface area (Å²) >= 11 is 0. The molecule has 2 rings (SSSR count). The molecule has 1 atom stereocenters. The summed E-state index contributed by atoms with van der Waals surface area (Å²) in [6.45, 7) is 3.77. The Morgan fingerprint density at radius 3 is 2.75 bits per heavy atom. The van der Waals surface area contributed by atoms with Crippen LogP contribution in [0.25, 0.3) is 6.08 Å². The summed E-state index contributed by atoms with van der Waals surface area (Å²) in [5.74, 6) is -0.201. The summed E-state index contributed by atoms with van der Waals surface area (Å²) in [7, 11) is 0. The summed E-state index contributed by atoms with van der Waals surface area (Å²) in [5, 5.41) is 20.8. The SMILES string of the molecule is C=CCC(/C(C#N)=C\c1cc(F)ccc1[N+](=O)[O-])C1CCCCC1. The van der Waals surface area contributed by atoms with Crippen LogP contribution in [0.1, 0.15) is 44.1 Å². The molecule has 0 N–H and O–H groups in total. The zero-order valence-electron chi connectivity index (χ0n) is 13.6. The number of halogens is 1. The van der Waals surface area contributed by atoms with Crippen LogP contribution in [0.5, 0.6) is 0 Å². The first kappa shape index (κ1) is 17.9. The molecule has 0 bridgehead atoms. The summed E-state index contributed by atoms with van der Waals surface area (Å²) < 4.78 is 13.5. The van der Waals surface area contributed by atoms with Crippen LogP contribution in [0.15, 0.2) is 36.4 Å². The summed E-state index contributed by atoms with van der Waals surface area (Å²) in [5.41, 5.74) is 0.419. The lowest BCUT2D eigenvalue weighted by Gasteiger charge is -2.29. The van der Waals surface area contributed by atoms with E-state index in [2.05, 4.69) is 12.6 Å². The Kier molecular flexibility index (Phi) is 6.25. The van der Waals surface area contributed by atoms with E-state index in [4.69, 9.17) is 0 Å². The first-order valence-electron chi connectivity index (χ1n) is 8.23. The van der Waals surface area contributed by atoms with Crippen LogP contribution in [0, 0.1) is 39.1 Å². The molecule has 0 aromatic heterocycles. The fourth-order valence-electron chi connectivity index (χ4n) is 3.49. The van der Waals surface area contributed by atoms with Gasteiger partial charge in [0.05, 0.1) is 16.6 Å². The van der Waals surface area contributed by atoms with Gasteiger partial charge in [-0.2, -0.15) is 5.26 Å². The van der Waals surface area contributed by atoms with Gasteiger partial charge in [0, 0.05) is 17.6 Å². The van der Waals surface area contributed by atoms with Gasteiger partial charge in [0.2, 0.25) is 0 Å². The van der Waals surface area contributed by atoms with Gasteiger partial charge in [-0.1, -0.05) is 25.3 Å². The smallest absolute Gasteiger partial charge is 0.258 e. The predicted octanol–water partition coefficient (Wildman–Crippen LogP) is 5.41. The molecule has 0 spiro atoms. The molecule has 4 nitrogen and oxygen atoms in total. The van der Waals surface area contributed by atoms with E-state index in [1.54, 1.807) is 6.08 Å². The number of hydrogen-bond donors (Lipinski definition) is 0. The topological polar surface area (TPSA) is 66.9 Å². The molecule has 24 heavy (non-hydrogen) atoms. The van der Waals surface area contributed by atoms with Gasteiger partial charge in [0.15, 0.2) is 0 Å². The standard InChI is InChI=1S/C19H21FN2O2/c1-2-6-18(14-7-4-3-5-8-14)16(13-21)11-15-12-17(20)9-10-19(15)22(23)24/h2,9-12,14,18H,1,3-8H2/b16-11-. The molecule has 1 unspecified atom stereocenters. The van der Waals surface area contributed by atoms with Crippen molar-refractivity contribution in [3.05, 3.63) is 57.9 Å². The predicted molar refractivity (Wildman–Crippen MR) is 91.5 cm³/mol. The van der Waals surface area contributed by atoms with Crippen LogP contribution in [-0.2, 0) is 0 Å². The Morgan fingerprint density at radius 2 is 2.17 bits per heavy atom. The van der Waals surface area contributed by atoms with Gasteiger partial charge < -0.3 is 0 Å². The summed E-state index contributed by atoms with van der Waals surface area (Å²) in [4.78, 5) is 10.6. The number of nitriles is 1. The van der Waals surface area contributed by atoms with Crippen molar-refractivity contribution >= 4 is 11.8 Å². The lowest BCUT2D eigenvalue weighted by atomic mass is 9.75. The minimum atomic E-state index is -0.554. The normalized spacial score (nSPS) is 17.1. The molecule has 0 radical (unpaired) electrons. The number of rotatable bonds is 6. The number of allylic oxidation sites excluding steroid dienone is 2. The second kappa shape index (κ2) is 8.39. The second-order valence-corrected chi connectivity index (χ2v) is 6.20. The van der Waals surface area contributed by atoms with Crippen molar-refractivity contribution in [3.63, 3.8) is 0 Å². The fourth-order valence-corrected chi connectivity index (χ4v) is 3.49. The monoisotopic (exact) mass is 328 g/mol. The van der Waals surface area contributed by atoms with Crippen LogP contribution in [-0.4, -0.2) is 4.92 Å². The van der Waals surface area contributed by atoms with E-state index in [-0.39, 0.29) is 17.2 Å². The highest BCUT2D eigenvalue weighted by molar-refractivity contribution is 5.66. The van der Waals surface area contributed by atoms with Crippen LogP contribution in [0.4, 0.5) is 10.1 Å². The largest absolute Gasteiger partial charge is 0.276 e. The molecule has 1 fully saturated rings. The zero-order valence-corrected chi connectivity index (χ0v) is 13.6. The van der Waals surface area contributed by atoms with E-state index >= 15 is 0 Å². The van der Waals surface area contributed by atoms with Crippen molar-refractivity contribution in [3.8, 4) is 6.07 Å².